The lowest BCUT2D eigenvalue weighted by molar-refractivity contribution is 0.0692. The van der Waals surface area contributed by atoms with E-state index in [1.807, 2.05) is 19.1 Å². The predicted molar refractivity (Wildman–Crippen MR) is 154 cm³/mol. The molecule has 0 aromatic heterocycles. The molecule has 37 heavy (non-hydrogen) atoms. The van der Waals surface area contributed by atoms with E-state index in [1.165, 1.54) is 49.7 Å². The molecule has 4 heteroatoms. The van der Waals surface area contributed by atoms with Crippen molar-refractivity contribution in [3.8, 4) is 22.6 Å². The summed E-state index contributed by atoms with van der Waals surface area (Å²) in [5, 5.41) is 9.05. The predicted octanol–water partition coefficient (Wildman–Crippen LogP) is 9.36. The summed E-state index contributed by atoms with van der Waals surface area (Å²) < 4.78 is 11.5. The molecule has 0 saturated heterocycles. The Morgan fingerprint density at radius 2 is 1.24 bits per heavy atom. The molecule has 0 aliphatic carbocycles. The highest BCUT2D eigenvalue weighted by Crippen LogP contribution is 2.29. The van der Waals surface area contributed by atoms with E-state index in [1.54, 1.807) is 18.2 Å². The summed E-state index contributed by atoms with van der Waals surface area (Å²) >= 11 is 0. The van der Waals surface area contributed by atoms with Gasteiger partial charge in [-0.2, -0.15) is 0 Å². The van der Waals surface area contributed by atoms with Crippen molar-refractivity contribution in [2.24, 2.45) is 0 Å². The molecule has 0 aliphatic rings. The highest BCUT2D eigenvalue weighted by Gasteiger charge is 2.11. The molecule has 0 aliphatic heterocycles. The third-order valence-corrected chi connectivity index (χ3v) is 6.10. The average Bonchev–Trinajstić information content (AvgIpc) is 2.91. The van der Waals surface area contributed by atoms with Crippen LogP contribution in [0.15, 0.2) is 72.8 Å². The summed E-state index contributed by atoms with van der Waals surface area (Å²) in [6.45, 7) is 7.74. The largest absolute Gasteiger partial charge is 0.493 e. The van der Waals surface area contributed by atoms with E-state index >= 15 is 0 Å². The lowest BCUT2D eigenvalue weighted by atomic mass is 10.1. The Morgan fingerprint density at radius 3 is 1.89 bits per heavy atom. The Hall–Kier alpha value is -3.27. The number of aromatic carboxylic acids is 1. The fraction of sp³-hybridized carbons (Fsp3) is 0.424. The molecule has 0 amide bonds. The van der Waals surface area contributed by atoms with Crippen molar-refractivity contribution >= 4 is 5.97 Å². The van der Waals surface area contributed by atoms with Gasteiger partial charge in [0.1, 0.15) is 17.1 Å². The molecule has 4 nitrogen and oxygen atoms in total. The SMILES string of the molecule is CCCCCCCOc1cc(C)ccc1C(=O)O.CCCCCCOc1ccccc1-c1ccccc1. The number of rotatable bonds is 15. The summed E-state index contributed by atoms with van der Waals surface area (Å²) in [5.41, 5.74) is 3.65. The molecule has 0 bridgehead atoms. The van der Waals surface area contributed by atoms with E-state index in [4.69, 9.17) is 14.6 Å². The van der Waals surface area contributed by atoms with E-state index < -0.39 is 5.97 Å². The van der Waals surface area contributed by atoms with Crippen molar-refractivity contribution in [3.05, 3.63) is 83.9 Å². The molecule has 0 atom stereocenters. The Bertz CT molecular complexity index is 1030. The molecular weight excluding hydrogens is 460 g/mol. The van der Waals surface area contributed by atoms with Gasteiger partial charge in [0, 0.05) is 5.56 Å². The second-order valence-corrected chi connectivity index (χ2v) is 9.34. The van der Waals surface area contributed by atoms with E-state index in [2.05, 4.69) is 56.3 Å². The summed E-state index contributed by atoms with van der Waals surface area (Å²) in [4.78, 5) is 11.0. The number of carboxylic acids is 1. The van der Waals surface area contributed by atoms with Gasteiger partial charge in [-0.25, -0.2) is 4.79 Å². The van der Waals surface area contributed by atoms with Gasteiger partial charge in [0.05, 0.1) is 13.2 Å². The number of carbonyl (C=O) groups is 1. The standard InChI is InChI=1S/C18H22O.C15H22O3/c1-2-3-4-10-15-19-18-14-9-8-13-17(18)16-11-6-5-7-12-16;1-3-4-5-6-7-10-18-14-11-12(2)8-9-13(14)15(16)17/h5-9,11-14H,2-4,10,15H2,1H3;8-9,11H,3-7,10H2,1-2H3,(H,16,17). The van der Waals surface area contributed by atoms with Crippen LogP contribution in [0, 0.1) is 6.92 Å². The van der Waals surface area contributed by atoms with Gasteiger partial charge in [-0.3, -0.25) is 0 Å². The molecule has 3 aromatic carbocycles. The number of unbranched alkanes of at least 4 members (excludes halogenated alkanes) is 7. The average molecular weight is 505 g/mol. The second kappa shape index (κ2) is 18.0. The van der Waals surface area contributed by atoms with Crippen LogP contribution in [0.3, 0.4) is 0 Å². The Morgan fingerprint density at radius 1 is 0.676 bits per heavy atom. The number of carboxylic acid groups (broad SMARTS) is 1. The van der Waals surface area contributed by atoms with Gasteiger partial charge in [0.2, 0.25) is 0 Å². The molecule has 1 N–H and O–H groups in total. The minimum atomic E-state index is -0.934. The molecule has 3 rings (SSSR count). The maximum Gasteiger partial charge on any atom is 0.339 e. The zero-order chi connectivity index (χ0) is 26.7. The van der Waals surface area contributed by atoms with Crippen LogP contribution in [-0.4, -0.2) is 24.3 Å². The third-order valence-electron chi connectivity index (χ3n) is 6.10. The highest BCUT2D eigenvalue weighted by atomic mass is 16.5. The van der Waals surface area contributed by atoms with Gasteiger partial charge in [-0.05, 0) is 49.1 Å². The lowest BCUT2D eigenvalue weighted by Gasteiger charge is -2.11. The lowest BCUT2D eigenvalue weighted by Crippen LogP contribution is -2.04. The van der Waals surface area contributed by atoms with Crippen LogP contribution < -0.4 is 9.47 Å². The molecule has 200 valence electrons. The van der Waals surface area contributed by atoms with Gasteiger partial charge in [-0.1, -0.05) is 113 Å². The van der Waals surface area contributed by atoms with Crippen molar-refractivity contribution in [2.75, 3.05) is 13.2 Å². The van der Waals surface area contributed by atoms with Gasteiger partial charge in [-0.15, -0.1) is 0 Å². The molecule has 0 spiro atoms. The van der Waals surface area contributed by atoms with E-state index in [0.717, 1.165) is 37.2 Å². The molecular formula is C33H44O4. The van der Waals surface area contributed by atoms with E-state index in [-0.39, 0.29) is 5.56 Å². The van der Waals surface area contributed by atoms with Gasteiger partial charge in [0.25, 0.3) is 0 Å². The van der Waals surface area contributed by atoms with Crippen LogP contribution in [0.4, 0.5) is 0 Å². The van der Waals surface area contributed by atoms with Crippen molar-refractivity contribution < 1.29 is 19.4 Å². The van der Waals surface area contributed by atoms with Gasteiger partial charge >= 0.3 is 5.97 Å². The Balaban J connectivity index is 0.000000261. The Kier molecular flexibility index (Phi) is 14.6. The zero-order valence-corrected chi connectivity index (χ0v) is 22.9. The summed E-state index contributed by atoms with van der Waals surface area (Å²) in [7, 11) is 0. The van der Waals surface area contributed by atoms with Crippen LogP contribution in [0.5, 0.6) is 11.5 Å². The summed E-state index contributed by atoms with van der Waals surface area (Å²) in [5.74, 6) is 0.541. The topological polar surface area (TPSA) is 55.8 Å². The monoisotopic (exact) mass is 504 g/mol. The minimum absolute atomic E-state index is 0.245. The first-order valence-corrected chi connectivity index (χ1v) is 13.8. The van der Waals surface area contributed by atoms with E-state index in [9.17, 15) is 4.79 Å². The van der Waals surface area contributed by atoms with Crippen molar-refractivity contribution in [1.29, 1.82) is 0 Å². The van der Waals surface area contributed by atoms with Crippen molar-refractivity contribution in [1.82, 2.24) is 0 Å². The number of benzene rings is 3. The summed E-state index contributed by atoms with van der Waals surface area (Å²) in [6.07, 6.45) is 10.8. The number of para-hydroxylation sites is 1. The number of hydrogen-bond donors (Lipinski definition) is 1. The van der Waals surface area contributed by atoms with Crippen LogP contribution in [0.25, 0.3) is 11.1 Å². The molecule has 3 aromatic rings. The van der Waals surface area contributed by atoms with Crippen LogP contribution >= 0.6 is 0 Å². The maximum atomic E-state index is 11.0. The maximum absolute atomic E-state index is 11.0. The number of aryl methyl sites for hydroxylation is 1. The number of hydrogen-bond acceptors (Lipinski definition) is 3. The smallest absolute Gasteiger partial charge is 0.339 e. The second-order valence-electron chi connectivity index (χ2n) is 9.34. The first-order valence-electron chi connectivity index (χ1n) is 13.8. The molecule has 0 radical (unpaired) electrons. The van der Waals surface area contributed by atoms with Gasteiger partial charge in [0.15, 0.2) is 0 Å². The minimum Gasteiger partial charge on any atom is -0.493 e. The van der Waals surface area contributed by atoms with Crippen LogP contribution in [0.2, 0.25) is 0 Å². The van der Waals surface area contributed by atoms with Crippen LogP contribution in [0.1, 0.15) is 87.6 Å². The third kappa shape index (κ3) is 11.6. The molecule has 0 saturated carbocycles. The van der Waals surface area contributed by atoms with Crippen molar-refractivity contribution in [2.45, 2.75) is 78.6 Å². The zero-order valence-electron chi connectivity index (χ0n) is 22.9. The number of ether oxygens (including phenoxy) is 2. The first kappa shape index (κ1) is 30.0. The molecule has 0 unspecified atom stereocenters. The van der Waals surface area contributed by atoms with E-state index in [0.29, 0.717) is 12.4 Å². The normalized spacial score (nSPS) is 10.4. The quantitative estimate of drug-likeness (QED) is 0.209. The fourth-order valence-corrected chi connectivity index (χ4v) is 3.97. The molecule has 0 heterocycles. The Labute approximate surface area is 223 Å². The fourth-order valence-electron chi connectivity index (χ4n) is 3.97. The van der Waals surface area contributed by atoms with Crippen LogP contribution in [-0.2, 0) is 0 Å². The molecule has 0 fully saturated rings. The highest BCUT2D eigenvalue weighted by molar-refractivity contribution is 5.91. The summed E-state index contributed by atoms with van der Waals surface area (Å²) in [6, 6.07) is 23.9. The van der Waals surface area contributed by atoms with Gasteiger partial charge < -0.3 is 14.6 Å². The van der Waals surface area contributed by atoms with Crippen molar-refractivity contribution in [3.63, 3.8) is 0 Å². The first-order chi connectivity index (χ1) is 18.1.